The summed E-state index contributed by atoms with van der Waals surface area (Å²) in [7, 11) is -3.82. The van der Waals surface area contributed by atoms with Crippen LogP contribution in [0.25, 0.3) is 0 Å². The Morgan fingerprint density at radius 3 is 2.55 bits per heavy atom. The van der Waals surface area contributed by atoms with Crippen LogP contribution in [0, 0.1) is 11.2 Å². The summed E-state index contributed by atoms with van der Waals surface area (Å²) in [6.45, 7) is 4.24. The van der Waals surface area contributed by atoms with Crippen LogP contribution in [0.1, 0.15) is 26.7 Å². The molecule has 1 rings (SSSR count). The van der Waals surface area contributed by atoms with Crippen LogP contribution < -0.4 is 4.72 Å². The lowest BCUT2D eigenvalue weighted by Gasteiger charge is -2.24. The van der Waals surface area contributed by atoms with Crippen molar-refractivity contribution in [1.29, 1.82) is 0 Å². The van der Waals surface area contributed by atoms with Crippen LogP contribution in [0.3, 0.4) is 0 Å². The molecule has 3 nitrogen and oxygen atoms in total. The Balaban J connectivity index is 2.80. The molecule has 114 valence electrons. The molecular weight excluding hydrogens is 413 g/mol. The minimum Gasteiger partial charge on any atom is -0.211 e. The van der Waals surface area contributed by atoms with Crippen molar-refractivity contribution in [2.75, 3.05) is 11.9 Å². The fourth-order valence-electron chi connectivity index (χ4n) is 1.70. The lowest BCUT2D eigenvalue weighted by molar-refractivity contribution is 0.332. The minimum atomic E-state index is -3.82. The first kappa shape index (κ1) is 18.1. The predicted molar refractivity (Wildman–Crippen MR) is 86.1 cm³/mol. The topological polar surface area (TPSA) is 46.2 Å². The molecule has 0 atom stereocenters. The second kappa shape index (κ2) is 7.33. The second-order valence-electron chi connectivity index (χ2n) is 5.36. The summed E-state index contributed by atoms with van der Waals surface area (Å²) in [4.78, 5) is -0.322. The quantitative estimate of drug-likeness (QED) is 0.662. The molecule has 0 saturated heterocycles. The highest BCUT2D eigenvalue weighted by Gasteiger charge is 2.24. The molecule has 1 aromatic rings. The van der Waals surface area contributed by atoms with E-state index in [1.165, 1.54) is 12.1 Å². The molecule has 0 radical (unpaired) electrons. The van der Waals surface area contributed by atoms with Crippen LogP contribution in [0.2, 0.25) is 0 Å². The first-order chi connectivity index (χ1) is 9.18. The molecule has 0 spiro atoms. The summed E-state index contributed by atoms with van der Waals surface area (Å²) in [5.41, 5.74) is -0.174. The molecule has 0 bridgehead atoms. The Morgan fingerprint density at radius 2 is 2.00 bits per heavy atom. The molecule has 20 heavy (non-hydrogen) atoms. The predicted octanol–water partition coefficient (Wildman–Crippen LogP) is 4.07. The van der Waals surface area contributed by atoms with Crippen LogP contribution in [0.15, 0.2) is 27.6 Å². The third kappa shape index (κ3) is 5.42. The SMILES string of the molecule is CC(C)(CCCBr)CNS(=O)(=O)c1ccc(Br)cc1F. The Labute approximate surface area is 136 Å². The van der Waals surface area contributed by atoms with Gasteiger partial charge in [0.2, 0.25) is 10.0 Å². The van der Waals surface area contributed by atoms with Crippen LogP contribution in [0.5, 0.6) is 0 Å². The third-order valence-electron chi connectivity index (χ3n) is 2.91. The van der Waals surface area contributed by atoms with Crippen LogP contribution in [-0.2, 0) is 10.0 Å². The monoisotopic (exact) mass is 429 g/mol. The highest BCUT2D eigenvalue weighted by Crippen LogP contribution is 2.24. The van der Waals surface area contributed by atoms with Gasteiger partial charge in [0.15, 0.2) is 0 Å². The zero-order chi connectivity index (χ0) is 15.4. The number of hydrogen-bond donors (Lipinski definition) is 1. The van der Waals surface area contributed by atoms with Gasteiger partial charge in [-0.2, -0.15) is 0 Å². The second-order valence-corrected chi connectivity index (χ2v) is 8.80. The Morgan fingerprint density at radius 1 is 1.35 bits per heavy atom. The van der Waals surface area contributed by atoms with Gasteiger partial charge < -0.3 is 0 Å². The molecule has 0 fully saturated rings. The molecule has 0 aromatic heterocycles. The number of benzene rings is 1. The fraction of sp³-hybridized carbons (Fsp3) is 0.538. The van der Waals surface area contributed by atoms with Crippen molar-refractivity contribution in [2.24, 2.45) is 5.41 Å². The summed E-state index contributed by atoms with van der Waals surface area (Å²) in [6.07, 6.45) is 1.84. The number of nitrogens with one attached hydrogen (secondary N) is 1. The average Bonchev–Trinajstić information content (AvgIpc) is 2.34. The van der Waals surface area contributed by atoms with E-state index in [4.69, 9.17) is 0 Å². The van der Waals surface area contributed by atoms with Crippen LogP contribution >= 0.6 is 31.9 Å². The molecule has 0 saturated carbocycles. The Hall–Kier alpha value is 0.0200. The number of alkyl halides is 1. The molecule has 0 aliphatic rings. The van der Waals surface area contributed by atoms with E-state index in [0.29, 0.717) is 4.47 Å². The van der Waals surface area contributed by atoms with Gasteiger partial charge in [-0.25, -0.2) is 17.5 Å². The van der Waals surface area contributed by atoms with Crippen molar-refractivity contribution in [2.45, 2.75) is 31.6 Å². The Kier molecular flexibility index (Phi) is 6.63. The maximum Gasteiger partial charge on any atom is 0.243 e. The zero-order valence-electron chi connectivity index (χ0n) is 11.4. The smallest absolute Gasteiger partial charge is 0.211 e. The Bertz CT molecular complexity index is 561. The number of sulfonamides is 1. The maximum absolute atomic E-state index is 13.7. The molecule has 0 unspecified atom stereocenters. The number of rotatable bonds is 7. The summed E-state index contributed by atoms with van der Waals surface area (Å²) >= 11 is 6.46. The normalized spacial score (nSPS) is 12.7. The molecular formula is C13H18Br2FNO2S. The molecule has 7 heteroatoms. The molecule has 0 aliphatic heterocycles. The van der Waals surface area contributed by atoms with E-state index in [-0.39, 0.29) is 16.9 Å². The number of hydrogen-bond acceptors (Lipinski definition) is 2. The molecule has 0 amide bonds. The van der Waals surface area contributed by atoms with E-state index < -0.39 is 15.8 Å². The summed E-state index contributed by atoms with van der Waals surface area (Å²) < 4.78 is 40.9. The van der Waals surface area contributed by atoms with E-state index in [2.05, 4.69) is 36.6 Å². The van der Waals surface area contributed by atoms with E-state index in [9.17, 15) is 12.8 Å². The van der Waals surface area contributed by atoms with Crippen molar-refractivity contribution < 1.29 is 12.8 Å². The average molecular weight is 431 g/mol. The van der Waals surface area contributed by atoms with Gasteiger partial charge in [0, 0.05) is 16.3 Å². The van der Waals surface area contributed by atoms with Crippen LogP contribution in [0.4, 0.5) is 4.39 Å². The largest absolute Gasteiger partial charge is 0.243 e. The van der Waals surface area contributed by atoms with E-state index >= 15 is 0 Å². The molecule has 1 aromatic carbocycles. The maximum atomic E-state index is 13.7. The minimum absolute atomic E-state index is 0.174. The van der Waals surface area contributed by atoms with Gasteiger partial charge in [-0.05, 0) is 36.5 Å². The van der Waals surface area contributed by atoms with E-state index in [1.807, 2.05) is 13.8 Å². The van der Waals surface area contributed by atoms with Gasteiger partial charge in [0.25, 0.3) is 0 Å². The van der Waals surface area contributed by atoms with E-state index in [0.717, 1.165) is 24.2 Å². The van der Waals surface area contributed by atoms with Crippen molar-refractivity contribution in [3.05, 3.63) is 28.5 Å². The van der Waals surface area contributed by atoms with Gasteiger partial charge in [0.1, 0.15) is 10.7 Å². The van der Waals surface area contributed by atoms with Crippen molar-refractivity contribution >= 4 is 41.9 Å². The number of halogens is 3. The highest BCUT2D eigenvalue weighted by atomic mass is 79.9. The molecule has 0 aliphatic carbocycles. The van der Waals surface area contributed by atoms with Gasteiger partial charge in [-0.3, -0.25) is 0 Å². The van der Waals surface area contributed by atoms with Gasteiger partial charge in [-0.1, -0.05) is 45.7 Å². The first-order valence-corrected chi connectivity index (χ1v) is 9.58. The van der Waals surface area contributed by atoms with Crippen molar-refractivity contribution in [3.8, 4) is 0 Å². The summed E-state index contributed by atoms with van der Waals surface area (Å²) in [6, 6.07) is 3.91. The standard InChI is InChI=1S/C13H18Br2FNO2S/c1-13(2,6-3-7-14)9-17-20(18,19)12-5-4-10(15)8-11(12)16/h4-5,8,17H,3,6-7,9H2,1-2H3. The highest BCUT2D eigenvalue weighted by molar-refractivity contribution is 9.10. The van der Waals surface area contributed by atoms with Gasteiger partial charge in [0.05, 0.1) is 0 Å². The summed E-state index contributed by atoms with van der Waals surface area (Å²) in [5, 5.41) is 0.879. The lowest BCUT2D eigenvalue weighted by Crippen LogP contribution is -2.34. The third-order valence-corrected chi connectivity index (χ3v) is 5.40. The van der Waals surface area contributed by atoms with Gasteiger partial charge in [-0.15, -0.1) is 0 Å². The van der Waals surface area contributed by atoms with Crippen LogP contribution in [-0.4, -0.2) is 20.3 Å². The van der Waals surface area contributed by atoms with Gasteiger partial charge >= 0.3 is 0 Å². The fourth-order valence-corrected chi connectivity index (χ4v) is 3.61. The van der Waals surface area contributed by atoms with E-state index in [1.54, 1.807) is 0 Å². The van der Waals surface area contributed by atoms with Crippen molar-refractivity contribution in [1.82, 2.24) is 4.72 Å². The summed E-state index contributed by atoms with van der Waals surface area (Å²) in [5.74, 6) is -0.759. The zero-order valence-corrected chi connectivity index (χ0v) is 15.4. The molecule has 0 heterocycles. The first-order valence-electron chi connectivity index (χ1n) is 6.19. The molecule has 1 N–H and O–H groups in total. The van der Waals surface area contributed by atoms with Crippen molar-refractivity contribution in [3.63, 3.8) is 0 Å². The lowest BCUT2D eigenvalue weighted by atomic mass is 9.88.